The summed E-state index contributed by atoms with van der Waals surface area (Å²) in [6.45, 7) is 0.508. The van der Waals surface area contributed by atoms with Crippen molar-refractivity contribution in [3.63, 3.8) is 0 Å². The fourth-order valence-electron chi connectivity index (χ4n) is 4.19. The molecule has 1 aromatic heterocycles. The second kappa shape index (κ2) is 8.20. The van der Waals surface area contributed by atoms with Crippen LogP contribution in [-0.4, -0.2) is 6.54 Å². The van der Waals surface area contributed by atoms with E-state index in [1.807, 2.05) is 30.3 Å². The average Bonchev–Trinajstić information content (AvgIpc) is 3.20. The Hall–Kier alpha value is -2.31. The molecule has 0 saturated heterocycles. The molecule has 0 saturated carbocycles. The van der Waals surface area contributed by atoms with Crippen molar-refractivity contribution in [3.05, 3.63) is 87.6 Å². The van der Waals surface area contributed by atoms with Crippen molar-refractivity contribution >= 4 is 11.3 Å². The van der Waals surface area contributed by atoms with Crippen molar-refractivity contribution in [1.82, 2.24) is 0 Å². The van der Waals surface area contributed by atoms with E-state index in [4.69, 9.17) is 10.5 Å². The van der Waals surface area contributed by atoms with Crippen molar-refractivity contribution in [2.75, 3.05) is 6.54 Å². The minimum Gasteiger partial charge on any atom is -0.485 e. The Labute approximate surface area is 172 Å². The molecule has 6 heteroatoms. The van der Waals surface area contributed by atoms with Crippen LogP contribution in [-0.2, 0) is 12.6 Å². The molecule has 1 heterocycles. The number of hydrogen-bond acceptors (Lipinski definition) is 3. The van der Waals surface area contributed by atoms with Crippen molar-refractivity contribution in [3.8, 4) is 5.75 Å². The van der Waals surface area contributed by atoms with Crippen LogP contribution >= 0.6 is 11.3 Å². The maximum atomic E-state index is 12.9. The molecular weight excluding hydrogens is 395 g/mol. The van der Waals surface area contributed by atoms with Crippen LogP contribution in [0.1, 0.15) is 40.0 Å². The van der Waals surface area contributed by atoms with Crippen LogP contribution in [0.2, 0.25) is 0 Å². The first kappa shape index (κ1) is 20.0. The Balaban J connectivity index is 1.66. The lowest BCUT2D eigenvalue weighted by Crippen LogP contribution is -2.32. The molecule has 152 valence electrons. The van der Waals surface area contributed by atoms with Gasteiger partial charge >= 0.3 is 6.18 Å². The van der Waals surface area contributed by atoms with Gasteiger partial charge in [-0.15, -0.1) is 11.3 Å². The molecule has 0 amide bonds. The van der Waals surface area contributed by atoms with E-state index in [0.717, 1.165) is 30.5 Å². The predicted octanol–water partition coefficient (Wildman–Crippen LogP) is 6.19. The van der Waals surface area contributed by atoms with Crippen LogP contribution in [0.4, 0.5) is 13.2 Å². The molecule has 2 nitrogen and oxygen atoms in total. The van der Waals surface area contributed by atoms with E-state index >= 15 is 0 Å². The number of hydrogen-bond donors (Lipinski definition) is 1. The second-order valence-electron chi connectivity index (χ2n) is 7.32. The van der Waals surface area contributed by atoms with E-state index in [0.29, 0.717) is 12.3 Å². The normalized spacial score (nSPS) is 20.1. The van der Waals surface area contributed by atoms with Gasteiger partial charge in [0.05, 0.1) is 5.56 Å². The molecule has 0 aliphatic heterocycles. The molecule has 0 fully saturated rings. The summed E-state index contributed by atoms with van der Waals surface area (Å²) in [5, 5.41) is 2.10. The standard InChI is InChI=1S/C23H22F3NOS/c24-23(25,26)16-6-8-17(9-7-16)28-22(15-4-2-1-3-5-15)19-10-11-21-18(12-13-29-21)20(19)14-27/h1-9,12-13,19-20,22H,10-11,14,27H2. The Morgan fingerprint density at radius 1 is 1.03 bits per heavy atom. The van der Waals surface area contributed by atoms with Gasteiger partial charge in [0.1, 0.15) is 11.9 Å². The number of ether oxygens (including phenoxy) is 1. The zero-order chi connectivity index (χ0) is 20.4. The summed E-state index contributed by atoms with van der Waals surface area (Å²) in [5.74, 6) is 0.732. The molecule has 4 rings (SSSR count). The first-order chi connectivity index (χ1) is 14.0. The number of rotatable bonds is 5. The van der Waals surface area contributed by atoms with Crippen LogP contribution in [0.3, 0.4) is 0 Å². The minimum atomic E-state index is -4.36. The first-order valence-electron chi connectivity index (χ1n) is 9.62. The van der Waals surface area contributed by atoms with Crippen LogP contribution in [0.25, 0.3) is 0 Å². The molecule has 0 spiro atoms. The SMILES string of the molecule is NCC1c2ccsc2CCC1C(Oc1ccc(C(F)(F)F)cc1)c1ccccc1. The number of halogens is 3. The Morgan fingerprint density at radius 2 is 1.76 bits per heavy atom. The molecular formula is C23H22F3NOS. The molecule has 1 aliphatic carbocycles. The van der Waals surface area contributed by atoms with Crippen LogP contribution in [0.5, 0.6) is 5.75 Å². The lowest BCUT2D eigenvalue weighted by molar-refractivity contribution is -0.137. The quantitative estimate of drug-likeness (QED) is 0.537. The third-order valence-electron chi connectivity index (χ3n) is 5.62. The van der Waals surface area contributed by atoms with Gasteiger partial charge in [-0.25, -0.2) is 0 Å². The lowest BCUT2D eigenvalue weighted by Gasteiger charge is -2.37. The summed E-state index contributed by atoms with van der Waals surface area (Å²) < 4.78 is 45.0. The maximum absolute atomic E-state index is 12.9. The van der Waals surface area contributed by atoms with Crippen LogP contribution in [0.15, 0.2) is 66.0 Å². The first-order valence-corrected chi connectivity index (χ1v) is 10.5. The number of benzene rings is 2. The molecule has 2 N–H and O–H groups in total. The molecule has 3 aromatic rings. The predicted molar refractivity (Wildman–Crippen MR) is 109 cm³/mol. The molecule has 1 aliphatic rings. The highest BCUT2D eigenvalue weighted by molar-refractivity contribution is 7.10. The maximum Gasteiger partial charge on any atom is 0.416 e. The van der Waals surface area contributed by atoms with Gasteiger partial charge < -0.3 is 10.5 Å². The molecule has 0 bridgehead atoms. The van der Waals surface area contributed by atoms with Gasteiger partial charge in [0.15, 0.2) is 0 Å². The van der Waals surface area contributed by atoms with E-state index in [9.17, 15) is 13.2 Å². The highest BCUT2D eigenvalue weighted by Gasteiger charge is 2.37. The largest absolute Gasteiger partial charge is 0.485 e. The van der Waals surface area contributed by atoms with Gasteiger partial charge in [0.25, 0.3) is 0 Å². The summed E-state index contributed by atoms with van der Waals surface area (Å²) in [7, 11) is 0. The lowest BCUT2D eigenvalue weighted by atomic mass is 9.74. The zero-order valence-corrected chi connectivity index (χ0v) is 16.5. The minimum absolute atomic E-state index is 0.145. The Morgan fingerprint density at radius 3 is 2.41 bits per heavy atom. The summed E-state index contributed by atoms with van der Waals surface area (Å²) >= 11 is 1.76. The van der Waals surface area contributed by atoms with E-state index in [1.54, 1.807) is 11.3 Å². The summed E-state index contributed by atoms with van der Waals surface area (Å²) in [6, 6.07) is 16.9. The van der Waals surface area contributed by atoms with Crippen LogP contribution in [0, 0.1) is 5.92 Å². The monoisotopic (exact) mass is 417 g/mol. The highest BCUT2D eigenvalue weighted by Crippen LogP contribution is 2.45. The number of thiophene rings is 1. The van der Waals surface area contributed by atoms with E-state index in [2.05, 4.69) is 11.4 Å². The van der Waals surface area contributed by atoms with E-state index in [1.165, 1.54) is 22.6 Å². The Bertz CT molecular complexity index is 937. The molecule has 3 atom stereocenters. The van der Waals surface area contributed by atoms with Crippen molar-refractivity contribution in [2.45, 2.75) is 31.0 Å². The van der Waals surface area contributed by atoms with E-state index in [-0.39, 0.29) is 17.9 Å². The van der Waals surface area contributed by atoms with Crippen molar-refractivity contribution < 1.29 is 17.9 Å². The average molecular weight is 417 g/mol. The van der Waals surface area contributed by atoms with Crippen molar-refractivity contribution in [2.24, 2.45) is 11.7 Å². The van der Waals surface area contributed by atoms with Gasteiger partial charge in [0, 0.05) is 16.7 Å². The summed E-state index contributed by atoms with van der Waals surface area (Å²) in [6.07, 6.45) is -2.75. The third kappa shape index (κ3) is 4.19. The summed E-state index contributed by atoms with van der Waals surface area (Å²) in [5.41, 5.74) is 7.78. The van der Waals surface area contributed by atoms with Gasteiger partial charge in [-0.3, -0.25) is 0 Å². The molecule has 2 aromatic carbocycles. The van der Waals surface area contributed by atoms with Gasteiger partial charge in [-0.1, -0.05) is 30.3 Å². The third-order valence-corrected chi connectivity index (χ3v) is 6.61. The molecule has 3 unspecified atom stereocenters. The Kier molecular flexibility index (Phi) is 5.65. The van der Waals surface area contributed by atoms with Crippen molar-refractivity contribution in [1.29, 1.82) is 0 Å². The van der Waals surface area contributed by atoms with Gasteiger partial charge in [-0.2, -0.15) is 13.2 Å². The molecule has 0 radical (unpaired) electrons. The number of fused-ring (bicyclic) bond motifs is 1. The smallest absolute Gasteiger partial charge is 0.416 e. The summed E-state index contributed by atoms with van der Waals surface area (Å²) in [4.78, 5) is 1.37. The molecule has 29 heavy (non-hydrogen) atoms. The second-order valence-corrected chi connectivity index (χ2v) is 8.32. The topological polar surface area (TPSA) is 35.2 Å². The van der Waals surface area contributed by atoms with Crippen LogP contribution < -0.4 is 10.5 Å². The van der Waals surface area contributed by atoms with Gasteiger partial charge in [0.2, 0.25) is 0 Å². The fraction of sp³-hybridized carbons (Fsp3) is 0.304. The van der Waals surface area contributed by atoms with E-state index < -0.39 is 11.7 Å². The number of nitrogens with two attached hydrogens (primary N) is 1. The van der Waals surface area contributed by atoms with Gasteiger partial charge in [-0.05, 0) is 66.2 Å². The number of alkyl halides is 3. The fourth-order valence-corrected chi connectivity index (χ4v) is 5.16. The highest BCUT2D eigenvalue weighted by atomic mass is 32.1. The zero-order valence-electron chi connectivity index (χ0n) is 15.7. The number of aryl methyl sites for hydroxylation is 1.